The minimum atomic E-state index is -0.757. The highest BCUT2D eigenvalue weighted by molar-refractivity contribution is 7.13. The second-order valence-corrected chi connectivity index (χ2v) is 12.5. The number of benzene rings is 3. The summed E-state index contributed by atoms with van der Waals surface area (Å²) in [6.45, 7) is 3.56. The first-order valence-corrected chi connectivity index (χ1v) is 15.6. The van der Waals surface area contributed by atoms with E-state index in [2.05, 4.69) is 0 Å². The maximum atomic E-state index is 13.3. The van der Waals surface area contributed by atoms with Gasteiger partial charge in [0.1, 0.15) is 30.2 Å². The number of carbonyl (C=O) groups is 2. The molecule has 0 bridgehead atoms. The van der Waals surface area contributed by atoms with E-state index in [4.69, 9.17) is 49.0 Å². The van der Waals surface area contributed by atoms with Crippen molar-refractivity contribution in [1.82, 2.24) is 4.57 Å². The number of nitrogens with zero attached hydrogens (tertiary/aromatic N) is 1. The molecule has 6 rings (SSSR count). The van der Waals surface area contributed by atoms with Crippen LogP contribution in [-0.2, 0) is 14.2 Å². The smallest absolute Gasteiger partial charge is 0.338 e. The number of carbonyl (C=O) groups excluding carboxylic acids is 2. The number of hydrogen-bond donors (Lipinski definition) is 0. The van der Waals surface area contributed by atoms with Gasteiger partial charge in [-0.05, 0) is 60.7 Å². The molecule has 0 radical (unpaired) electrons. The van der Waals surface area contributed by atoms with Crippen molar-refractivity contribution in [2.75, 3.05) is 6.61 Å². The van der Waals surface area contributed by atoms with Crippen LogP contribution in [0.4, 0.5) is 0 Å². The zero-order valence-electron chi connectivity index (χ0n) is 23.2. The lowest BCUT2D eigenvalue weighted by Gasteiger charge is -2.19. The number of hydrogen-bond acceptors (Lipinski definition) is 6. The Morgan fingerprint density at radius 3 is 2.21 bits per heavy atom. The highest BCUT2D eigenvalue weighted by Crippen LogP contribution is 2.46. The molecule has 43 heavy (non-hydrogen) atoms. The van der Waals surface area contributed by atoms with Crippen molar-refractivity contribution < 1.29 is 23.8 Å². The average molecular weight is 655 g/mol. The minimum Gasteiger partial charge on any atom is -0.459 e. The second kappa shape index (κ2) is 12.3. The van der Waals surface area contributed by atoms with E-state index < -0.39 is 30.4 Å². The third-order valence-corrected chi connectivity index (χ3v) is 9.57. The quantitative estimate of drug-likeness (QED) is 0.164. The molecular weight excluding hydrogens is 629 g/mol. The molecule has 0 amide bonds. The van der Waals surface area contributed by atoms with Crippen LogP contribution in [0.1, 0.15) is 44.5 Å². The SMILES string of the molecule is Cc1ccccc1C(=O)OC[C@H]1O[C@@H](n2c(Cl)c(-c3cccs3)c3cc(Cl)c(Cl)cc32)C[C@@H]1OC(=O)c1ccccc1C. The molecule has 2 aromatic heterocycles. The van der Waals surface area contributed by atoms with Crippen LogP contribution in [0.2, 0.25) is 15.2 Å². The zero-order chi connectivity index (χ0) is 30.2. The third-order valence-electron chi connectivity index (χ3n) is 7.59. The Kier molecular flexibility index (Phi) is 8.54. The summed E-state index contributed by atoms with van der Waals surface area (Å²) in [5, 5.41) is 3.99. The van der Waals surface area contributed by atoms with Crippen LogP contribution in [0.15, 0.2) is 78.2 Å². The normalized spacial score (nSPS) is 18.2. The van der Waals surface area contributed by atoms with Gasteiger partial charge in [-0.1, -0.05) is 77.3 Å². The molecule has 1 fully saturated rings. The van der Waals surface area contributed by atoms with Gasteiger partial charge in [-0.25, -0.2) is 9.59 Å². The third kappa shape index (κ3) is 5.80. The Morgan fingerprint density at radius 1 is 0.907 bits per heavy atom. The summed E-state index contributed by atoms with van der Waals surface area (Å²) >= 11 is 21.5. The van der Waals surface area contributed by atoms with E-state index in [1.165, 1.54) is 0 Å². The van der Waals surface area contributed by atoms with Gasteiger partial charge < -0.3 is 18.8 Å². The molecule has 1 aliphatic heterocycles. The molecule has 0 N–H and O–H groups in total. The van der Waals surface area contributed by atoms with Crippen molar-refractivity contribution in [3.63, 3.8) is 0 Å². The second-order valence-electron chi connectivity index (χ2n) is 10.3. The van der Waals surface area contributed by atoms with Crippen molar-refractivity contribution in [2.24, 2.45) is 0 Å². The molecule has 6 nitrogen and oxygen atoms in total. The van der Waals surface area contributed by atoms with Gasteiger partial charge in [0.2, 0.25) is 0 Å². The van der Waals surface area contributed by atoms with Gasteiger partial charge in [0, 0.05) is 22.2 Å². The fraction of sp³-hybridized carbons (Fsp3) is 0.212. The van der Waals surface area contributed by atoms with E-state index in [0.29, 0.717) is 31.8 Å². The van der Waals surface area contributed by atoms with Gasteiger partial charge >= 0.3 is 11.9 Å². The predicted molar refractivity (Wildman–Crippen MR) is 171 cm³/mol. The van der Waals surface area contributed by atoms with Crippen molar-refractivity contribution in [3.05, 3.63) is 116 Å². The number of esters is 2. The summed E-state index contributed by atoms with van der Waals surface area (Å²) in [6.07, 6.45) is -1.88. The Hall–Kier alpha value is -3.33. The Bertz CT molecular complexity index is 1830. The van der Waals surface area contributed by atoms with E-state index in [0.717, 1.165) is 27.0 Å². The van der Waals surface area contributed by atoms with Gasteiger partial charge in [-0.3, -0.25) is 0 Å². The van der Waals surface area contributed by atoms with E-state index in [1.54, 1.807) is 47.7 Å². The molecule has 10 heteroatoms. The lowest BCUT2D eigenvalue weighted by atomic mass is 10.1. The molecule has 3 heterocycles. The van der Waals surface area contributed by atoms with Crippen LogP contribution in [-0.4, -0.2) is 35.3 Å². The Labute approximate surface area is 267 Å². The number of aryl methyl sites for hydroxylation is 2. The summed E-state index contributed by atoms with van der Waals surface area (Å²) in [5.74, 6) is -0.972. The van der Waals surface area contributed by atoms with Crippen LogP contribution < -0.4 is 0 Å². The van der Waals surface area contributed by atoms with E-state index >= 15 is 0 Å². The van der Waals surface area contributed by atoms with Gasteiger partial charge in [-0.2, -0.15) is 0 Å². The molecule has 0 unspecified atom stereocenters. The lowest BCUT2D eigenvalue weighted by Crippen LogP contribution is -2.32. The molecule has 1 aliphatic rings. The van der Waals surface area contributed by atoms with E-state index in [1.807, 2.05) is 60.2 Å². The van der Waals surface area contributed by atoms with Gasteiger partial charge in [0.25, 0.3) is 0 Å². The fourth-order valence-corrected chi connectivity index (χ4v) is 6.95. The lowest BCUT2D eigenvalue weighted by molar-refractivity contribution is -0.0560. The summed E-state index contributed by atoms with van der Waals surface area (Å²) < 4.78 is 20.0. The van der Waals surface area contributed by atoms with Crippen molar-refractivity contribution in [1.29, 1.82) is 0 Å². The first-order valence-electron chi connectivity index (χ1n) is 13.6. The van der Waals surface area contributed by atoms with Gasteiger partial charge in [0.05, 0.1) is 26.7 Å². The van der Waals surface area contributed by atoms with Crippen LogP contribution in [0.25, 0.3) is 21.3 Å². The number of aromatic nitrogens is 1. The van der Waals surface area contributed by atoms with Gasteiger partial charge in [0.15, 0.2) is 0 Å². The number of fused-ring (bicyclic) bond motifs is 1. The highest BCUT2D eigenvalue weighted by atomic mass is 35.5. The fourth-order valence-electron chi connectivity index (χ4n) is 5.38. The molecule has 0 spiro atoms. The highest BCUT2D eigenvalue weighted by Gasteiger charge is 2.42. The molecule has 3 aromatic carbocycles. The molecule has 0 aliphatic carbocycles. The summed E-state index contributed by atoms with van der Waals surface area (Å²) in [7, 11) is 0. The molecule has 3 atom stereocenters. The number of thiophene rings is 1. The topological polar surface area (TPSA) is 66.8 Å². The van der Waals surface area contributed by atoms with Crippen LogP contribution >= 0.6 is 46.1 Å². The Balaban J connectivity index is 1.35. The number of rotatable bonds is 7. The Morgan fingerprint density at radius 2 is 1.56 bits per heavy atom. The minimum absolute atomic E-state index is 0.128. The maximum absolute atomic E-state index is 13.3. The van der Waals surface area contributed by atoms with Crippen molar-refractivity contribution in [2.45, 2.75) is 38.7 Å². The zero-order valence-corrected chi connectivity index (χ0v) is 26.3. The molecule has 220 valence electrons. The standard InChI is InChI=1S/C33H26Cl3NO5S/c1-18-8-3-5-10-20(18)32(38)40-17-27-26(42-33(39)21-11-6-4-9-19(21)2)16-29(41-27)37-25-15-24(35)23(34)14-22(25)30(31(37)36)28-12-7-13-43-28/h3-15,26-27,29H,16-17H2,1-2H3/t26-,27+,29+/m0/s1. The summed E-state index contributed by atoms with van der Waals surface area (Å²) in [4.78, 5) is 27.2. The first-order chi connectivity index (χ1) is 20.7. The maximum Gasteiger partial charge on any atom is 0.338 e. The number of ether oxygens (including phenoxy) is 3. The van der Waals surface area contributed by atoms with Crippen LogP contribution in [0, 0.1) is 13.8 Å². The molecule has 1 saturated heterocycles. The van der Waals surface area contributed by atoms with E-state index in [-0.39, 0.29) is 13.0 Å². The first kappa shape index (κ1) is 29.7. The number of halogens is 3. The van der Waals surface area contributed by atoms with Crippen LogP contribution in [0.5, 0.6) is 0 Å². The average Bonchev–Trinajstić information content (AvgIpc) is 3.71. The predicted octanol–water partition coefficient (Wildman–Crippen LogP) is 9.32. The van der Waals surface area contributed by atoms with E-state index in [9.17, 15) is 9.59 Å². The molecule has 5 aromatic rings. The largest absolute Gasteiger partial charge is 0.459 e. The van der Waals surface area contributed by atoms with Gasteiger partial charge in [-0.15, -0.1) is 11.3 Å². The van der Waals surface area contributed by atoms with Crippen LogP contribution in [0.3, 0.4) is 0 Å². The van der Waals surface area contributed by atoms with Crippen molar-refractivity contribution in [3.8, 4) is 10.4 Å². The molecular formula is C33H26Cl3NO5S. The summed E-state index contributed by atoms with van der Waals surface area (Å²) in [6, 6.07) is 21.9. The molecule has 0 saturated carbocycles. The summed E-state index contributed by atoms with van der Waals surface area (Å²) in [5.41, 5.74) is 4.01. The van der Waals surface area contributed by atoms with Crippen molar-refractivity contribution >= 4 is 69.0 Å². The monoisotopic (exact) mass is 653 g/mol.